The third kappa shape index (κ3) is 9.15. The first-order valence-corrected chi connectivity index (χ1v) is 17.1. The van der Waals surface area contributed by atoms with E-state index in [4.69, 9.17) is 14.2 Å². The van der Waals surface area contributed by atoms with Crippen LogP contribution in [-0.4, -0.2) is 126 Å². The summed E-state index contributed by atoms with van der Waals surface area (Å²) in [5, 5.41) is 5.95. The molecule has 0 spiro atoms. The van der Waals surface area contributed by atoms with E-state index in [0.29, 0.717) is 24.8 Å². The maximum absolute atomic E-state index is 14.3. The molecule has 2 aromatic rings. The SMILES string of the molecule is CCOC(=O)CC[C@H](NC(=O)c1cc(OCC(=O)N2CCC[C@H]2C(=O)NC2CC2)c2ccc(F)cc2n1)C(=O)N1CCN(C(=O)OCC)CC1. The van der Waals surface area contributed by atoms with Crippen molar-refractivity contribution in [2.24, 2.45) is 0 Å². The highest BCUT2D eigenvalue weighted by molar-refractivity contribution is 5.99. The van der Waals surface area contributed by atoms with Crippen molar-refractivity contribution in [3.8, 4) is 5.75 Å². The molecule has 270 valence electrons. The predicted molar refractivity (Wildman–Crippen MR) is 175 cm³/mol. The summed E-state index contributed by atoms with van der Waals surface area (Å²) in [5.41, 5.74) is -0.137. The number of pyridine rings is 1. The summed E-state index contributed by atoms with van der Waals surface area (Å²) < 4.78 is 30.3. The van der Waals surface area contributed by atoms with Crippen molar-refractivity contribution < 1.29 is 47.4 Å². The van der Waals surface area contributed by atoms with Crippen LogP contribution in [0.15, 0.2) is 24.3 Å². The number of aromatic nitrogens is 1. The van der Waals surface area contributed by atoms with Gasteiger partial charge in [0.2, 0.25) is 11.8 Å². The molecule has 1 aliphatic carbocycles. The highest BCUT2D eigenvalue weighted by Crippen LogP contribution is 2.28. The number of halogens is 1. The van der Waals surface area contributed by atoms with Crippen molar-refractivity contribution >= 4 is 46.6 Å². The Balaban J connectivity index is 1.31. The maximum atomic E-state index is 14.3. The Morgan fingerprint density at radius 3 is 2.36 bits per heavy atom. The summed E-state index contributed by atoms with van der Waals surface area (Å²) in [5.74, 6) is -2.94. The third-order valence-corrected chi connectivity index (χ3v) is 8.78. The molecule has 3 fully saturated rings. The molecular weight excluding hydrogens is 655 g/mol. The Hall–Kier alpha value is -5.02. The number of rotatable bonds is 13. The molecule has 1 saturated carbocycles. The van der Waals surface area contributed by atoms with Crippen molar-refractivity contribution in [3.05, 3.63) is 35.8 Å². The summed E-state index contributed by atoms with van der Waals surface area (Å²) in [6.45, 7) is 4.50. The van der Waals surface area contributed by atoms with Crippen LogP contribution in [0.4, 0.5) is 9.18 Å². The topological polar surface area (TPSA) is 177 Å². The Kier molecular flexibility index (Phi) is 12.0. The molecule has 2 saturated heterocycles. The molecule has 1 aromatic carbocycles. The summed E-state index contributed by atoms with van der Waals surface area (Å²) in [6, 6.07) is 3.44. The number of esters is 1. The van der Waals surface area contributed by atoms with Gasteiger partial charge in [0.15, 0.2) is 6.61 Å². The van der Waals surface area contributed by atoms with Crippen molar-refractivity contribution in [1.29, 1.82) is 0 Å². The minimum Gasteiger partial charge on any atom is -0.483 e. The number of carbonyl (C=O) groups is 6. The van der Waals surface area contributed by atoms with E-state index in [1.165, 1.54) is 32.9 Å². The van der Waals surface area contributed by atoms with Crippen molar-refractivity contribution in [2.75, 3.05) is 52.5 Å². The molecule has 3 aliphatic rings. The Morgan fingerprint density at radius 1 is 0.940 bits per heavy atom. The molecule has 5 rings (SSSR count). The van der Waals surface area contributed by atoms with Crippen molar-refractivity contribution in [3.63, 3.8) is 0 Å². The average molecular weight is 699 g/mol. The lowest BCUT2D eigenvalue weighted by Gasteiger charge is -2.36. The number of nitrogens with one attached hydrogen (secondary N) is 2. The first-order chi connectivity index (χ1) is 24.1. The smallest absolute Gasteiger partial charge is 0.409 e. The molecular formula is C34H43FN6O9. The molecule has 1 aromatic heterocycles. The van der Waals surface area contributed by atoms with Crippen LogP contribution >= 0.6 is 0 Å². The molecule has 0 radical (unpaired) electrons. The molecule has 0 bridgehead atoms. The van der Waals surface area contributed by atoms with Crippen LogP contribution in [0, 0.1) is 5.82 Å². The Morgan fingerprint density at radius 2 is 1.66 bits per heavy atom. The molecule has 16 heteroatoms. The van der Waals surface area contributed by atoms with E-state index in [1.807, 2.05) is 0 Å². The fourth-order valence-corrected chi connectivity index (χ4v) is 6.02. The number of amides is 5. The average Bonchev–Trinajstić information content (AvgIpc) is 3.78. The lowest BCUT2D eigenvalue weighted by Crippen LogP contribution is -2.56. The zero-order chi connectivity index (χ0) is 35.8. The standard InChI is InChI=1S/C34H43FN6O9/c1-3-48-30(43)12-11-24(33(46)39-14-16-40(17-15-39)34(47)49-4-2)38-31(44)26-19-28(23-10-7-21(35)18-25(23)37-26)50-20-29(42)41-13-5-6-27(41)32(45)36-22-8-9-22/h7,10,18-19,22,24,27H,3-6,8-9,11-17,20H2,1-2H3,(H,36,45)(H,38,44)/t24-,27-/m0/s1. The van der Waals surface area contributed by atoms with Crippen LogP contribution < -0.4 is 15.4 Å². The molecule has 15 nitrogen and oxygen atoms in total. The second kappa shape index (κ2) is 16.6. The number of carbonyl (C=O) groups excluding carboxylic acids is 6. The van der Waals surface area contributed by atoms with Crippen molar-refractivity contribution in [1.82, 2.24) is 30.3 Å². The number of hydrogen-bond acceptors (Lipinski definition) is 10. The van der Waals surface area contributed by atoms with E-state index < -0.39 is 54.3 Å². The Labute approximate surface area is 288 Å². The number of ether oxygens (including phenoxy) is 3. The molecule has 5 amide bonds. The molecule has 2 N–H and O–H groups in total. The number of nitrogens with zero attached hydrogens (tertiary/aromatic N) is 4. The zero-order valence-corrected chi connectivity index (χ0v) is 28.3. The van der Waals surface area contributed by atoms with Gasteiger partial charge in [-0.2, -0.15) is 0 Å². The van der Waals surface area contributed by atoms with Gasteiger partial charge >= 0.3 is 12.1 Å². The van der Waals surface area contributed by atoms with Gasteiger partial charge in [-0.25, -0.2) is 14.2 Å². The van der Waals surface area contributed by atoms with Crippen molar-refractivity contribution in [2.45, 2.75) is 70.5 Å². The van der Waals surface area contributed by atoms with Crippen LogP contribution in [0.5, 0.6) is 5.75 Å². The largest absolute Gasteiger partial charge is 0.483 e. The van der Waals surface area contributed by atoms with Gasteiger partial charge in [-0.3, -0.25) is 24.0 Å². The van der Waals surface area contributed by atoms with Crippen LogP contribution in [0.25, 0.3) is 10.9 Å². The monoisotopic (exact) mass is 698 g/mol. The molecule has 2 atom stereocenters. The number of fused-ring (bicyclic) bond motifs is 1. The van der Waals surface area contributed by atoms with Gasteiger partial charge in [-0.05, 0) is 58.1 Å². The molecule has 50 heavy (non-hydrogen) atoms. The normalized spacial score (nSPS) is 18.0. The van der Waals surface area contributed by atoms with Gasteiger partial charge in [0.1, 0.15) is 29.3 Å². The second-order valence-electron chi connectivity index (χ2n) is 12.4. The van der Waals surface area contributed by atoms with E-state index in [0.717, 1.165) is 18.9 Å². The van der Waals surface area contributed by atoms with E-state index in [-0.39, 0.29) is 81.1 Å². The van der Waals surface area contributed by atoms with Gasteiger partial charge < -0.3 is 39.5 Å². The summed E-state index contributed by atoms with van der Waals surface area (Å²) in [7, 11) is 0. The predicted octanol–water partition coefficient (Wildman–Crippen LogP) is 1.76. The number of likely N-dealkylation sites (tertiary alicyclic amines) is 1. The van der Waals surface area contributed by atoms with E-state index in [1.54, 1.807) is 13.8 Å². The fourth-order valence-electron chi connectivity index (χ4n) is 6.02. The summed E-state index contributed by atoms with van der Waals surface area (Å²) in [4.78, 5) is 86.4. The van der Waals surface area contributed by atoms with Gasteiger partial charge in [-0.15, -0.1) is 0 Å². The van der Waals surface area contributed by atoms with Crippen LogP contribution in [0.1, 0.15) is 62.9 Å². The molecule has 0 unspecified atom stereocenters. The first-order valence-electron chi connectivity index (χ1n) is 17.1. The lowest BCUT2D eigenvalue weighted by atomic mass is 10.1. The number of benzene rings is 1. The van der Waals surface area contributed by atoms with Gasteiger partial charge in [0.05, 0.1) is 18.7 Å². The quantitative estimate of drug-likeness (QED) is 0.293. The highest BCUT2D eigenvalue weighted by atomic mass is 19.1. The van der Waals surface area contributed by atoms with Crippen LogP contribution in [0.2, 0.25) is 0 Å². The van der Waals surface area contributed by atoms with E-state index >= 15 is 0 Å². The fraction of sp³-hybridized carbons (Fsp3) is 0.559. The second-order valence-corrected chi connectivity index (χ2v) is 12.4. The van der Waals surface area contributed by atoms with E-state index in [2.05, 4.69) is 15.6 Å². The van der Waals surface area contributed by atoms with Gasteiger partial charge in [0.25, 0.3) is 11.8 Å². The maximum Gasteiger partial charge on any atom is 0.409 e. The molecule has 3 heterocycles. The summed E-state index contributed by atoms with van der Waals surface area (Å²) >= 11 is 0. The van der Waals surface area contributed by atoms with E-state index in [9.17, 15) is 33.2 Å². The minimum absolute atomic E-state index is 0.0763. The lowest BCUT2D eigenvalue weighted by molar-refractivity contribution is -0.143. The number of piperazine rings is 1. The zero-order valence-electron chi connectivity index (χ0n) is 28.3. The minimum atomic E-state index is -1.16. The number of hydrogen-bond donors (Lipinski definition) is 2. The first kappa shape index (κ1) is 36.3. The van der Waals surface area contributed by atoms with Crippen LogP contribution in [-0.2, 0) is 28.7 Å². The summed E-state index contributed by atoms with van der Waals surface area (Å²) in [6.07, 6.45) is 2.36. The third-order valence-electron chi connectivity index (χ3n) is 8.78. The van der Waals surface area contributed by atoms with Gasteiger partial charge in [-0.1, -0.05) is 0 Å². The highest BCUT2D eigenvalue weighted by Gasteiger charge is 2.37. The van der Waals surface area contributed by atoms with Gasteiger partial charge in [0, 0.05) is 62.7 Å². The van der Waals surface area contributed by atoms with Crippen LogP contribution in [0.3, 0.4) is 0 Å². The molecule has 2 aliphatic heterocycles. The Bertz CT molecular complexity index is 1610.